The minimum absolute atomic E-state index is 0.00183. The summed E-state index contributed by atoms with van der Waals surface area (Å²) < 4.78 is 16.6. The van der Waals surface area contributed by atoms with E-state index in [2.05, 4.69) is 11.6 Å². The first-order valence-corrected chi connectivity index (χ1v) is 13.6. The van der Waals surface area contributed by atoms with Gasteiger partial charge in [-0.2, -0.15) is 0 Å². The van der Waals surface area contributed by atoms with E-state index in [0.717, 1.165) is 22.6 Å². The number of amides is 1. The fraction of sp³-hybridized carbons (Fsp3) is 0.267. The van der Waals surface area contributed by atoms with Crippen LogP contribution in [0.2, 0.25) is 0 Å². The van der Waals surface area contributed by atoms with Crippen molar-refractivity contribution in [1.82, 2.24) is 4.98 Å². The molecule has 2 atom stereocenters. The second kappa shape index (κ2) is 11.0. The van der Waals surface area contributed by atoms with Gasteiger partial charge in [0.05, 0.1) is 23.9 Å². The van der Waals surface area contributed by atoms with Crippen molar-refractivity contribution < 1.29 is 33.7 Å². The number of aryl methyl sites for hydroxylation is 1. The van der Waals surface area contributed by atoms with Gasteiger partial charge in [0, 0.05) is 12.0 Å². The molecular weight excluding hydrogens is 532 g/mol. The maximum absolute atomic E-state index is 13.6. The monoisotopic (exact) mass is 560 g/mol. The summed E-state index contributed by atoms with van der Waals surface area (Å²) in [5.74, 6) is -1.40. The topological polar surface area (TPSA) is 115 Å². The summed E-state index contributed by atoms with van der Waals surface area (Å²) in [4.78, 5) is 45.5. The zero-order chi connectivity index (χ0) is 28.6. The van der Waals surface area contributed by atoms with Crippen LogP contribution in [0.3, 0.4) is 0 Å². The molecule has 2 aliphatic heterocycles. The fourth-order valence-corrected chi connectivity index (χ4v) is 5.86. The lowest BCUT2D eigenvalue weighted by molar-refractivity contribution is -0.132. The van der Waals surface area contributed by atoms with E-state index in [4.69, 9.17) is 14.2 Å². The van der Waals surface area contributed by atoms with Crippen molar-refractivity contribution in [3.05, 3.63) is 88.0 Å². The molecule has 9 nitrogen and oxygen atoms in total. The highest BCUT2D eigenvalue weighted by Gasteiger charge is 2.48. The number of carbonyl (C=O) groups is 3. The summed E-state index contributed by atoms with van der Waals surface area (Å²) in [7, 11) is 0. The molecule has 2 aromatic carbocycles. The molecule has 2 aliphatic rings. The highest BCUT2D eigenvalue weighted by molar-refractivity contribution is 7.17. The molecule has 0 bridgehead atoms. The number of Topliss-reactive ketones (excluding diaryl/α,β-unsaturated/α-hetero) is 1. The summed E-state index contributed by atoms with van der Waals surface area (Å²) in [5.41, 5.74) is 2.09. The number of nitrogens with zero attached hydrogens (tertiary/aromatic N) is 2. The third-order valence-electron chi connectivity index (χ3n) is 6.61. The van der Waals surface area contributed by atoms with Crippen molar-refractivity contribution in [3.8, 4) is 11.5 Å². The zero-order valence-electron chi connectivity index (χ0n) is 22.3. The largest absolute Gasteiger partial charge is 0.507 e. The number of esters is 1. The number of fused-ring (bicyclic) bond motifs is 1. The highest BCUT2D eigenvalue weighted by Crippen LogP contribution is 2.45. The number of rotatable bonds is 8. The van der Waals surface area contributed by atoms with Crippen LogP contribution in [0.1, 0.15) is 51.9 Å². The zero-order valence-corrected chi connectivity index (χ0v) is 23.1. The van der Waals surface area contributed by atoms with Crippen molar-refractivity contribution in [2.45, 2.75) is 39.3 Å². The van der Waals surface area contributed by atoms with Crippen molar-refractivity contribution in [1.29, 1.82) is 0 Å². The quantitative estimate of drug-likeness (QED) is 0.132. The normalized spacial score (nSPS) is 19.3. The molecular formula is C30H28N2O7S. The molecule has 1 amide bonds. The van der Waals surface area contributed by atoms with Crippen molar-refractivity contribution in [2.75, 3.05) is 18.1 Å². The number of carbonyl (C=O) groups excluding carboxylic acids is 3. The molecule has 0 saturated carbocycles. The second-order valence-corrected chi connectivity index (χ2v) is 10.4. The number of thiazole rings is 1. The SMILES string of the molecule is C=CCOc1cccc([C@@H]2C(=C(O)c3ccc4c(c3)C[C@@H](C)O4)C(=O)C(=O)N2c2nc(C)c(C(=O)OCC)s2)c1. The van der Waals surface area contributed by atoms with E-state index in [1.807, 2.05) is 6.92 Å². The average Bonchev–Trinajstić information content (AvgIpc) is 3.59. The van der Waals surface area contributed by atoms with Crippen LogP contribution in [-0.4, -0.2) is 47.1 Å². The lowest BCUT2D eigenvalue weighted by Gasteiger charge is -2.23. The minimum Gasteiger partial charge on any atom is -0.507 e. The van der Waals surface area contributed by atoms with Gasteiger partial charge in [0.2, 0.25) is 0 Å². The summed E-state index contributed by atoms with van der Waals surface area (Å²) in [6.07, 6.45) is 2.26. The van der Waals surface area contributed by atoms with Gasteiger partial charge in [0.25, 0.3) is 5.78 Å². The molecule has 206 valence electrons. The Balaban J connectivity index is 1.67. The van der Waals surface area contributed by atoms with E-state index < -0.39 is 23.7 Å². The molecule has 40 heavy (non-hydrogen) atoms. The van der Waals surface area contributed by atoms with Gasteiger partial charge in [0.15, 0.2) is 5.13 Å². The van der Waals surface area contributed by atoms with E-state index in [1.165, 1.54) is 4.90 Å². The number of aliphatic hydroxyl groups excluding tert-OH is 1. The Hall–Kier alpha value is -4.44. The Kier molecular flexibility index (Phi) is 7.44. The van der Waals surface area contributed by atoms with E-state index in [1.54, 1.807) is 62.4 Å². The van der Waals surface area contributed by atoms with Crippen LogP contribution in [0.25, 0.3) is 5.76 Å². The van der Waals surface area contributed by atoms with Crippen molar-refractivity contribution >= 4 is 39.9 Å². The number of anilines is 1. The summed E-state index contributed by atoms with van der Waals surface area (Å²) in [6.45, 7) is 9.38. The van der Waals surface area contributed by atoms with Gasteiger partial charge in [-0.05, 0) is 62.2 Å². The third-order valence-corrected chi connectivity index (χ3v) is 7.74. The molecule has 1 fully saturated rings. The summed E-state index contributed by atoms with van der Waals surface area (Å²) >= 11 is 0.955. The molecule has 1 saturated heterocycles. The number of hydrogen-bond acceptors (Lipinski definition) is 9. The van der Waals surface area contributed by atoms with E-state index >= 15 is 0 Å². The maximum atomic E-state index is 13.6. The molecule has 0 spiro atoms. The highest BCUT2D eigenvalue weighted by atomic mass is 32.1. The molecule has 0 unspecified atom stereocenters. The predicted octanol–water partition coefficient (Wildman–Crippen LogP) is 5.14. The molecule has 1 aromatic heterocycles. The summed E-state index contributed by atoms with van der Waals surface area (Å²) in [6, 6.07) is 11.1. The Bertz CT molecular complexity index is 1560. The molecule has 10 heteroatoms. The lowest BCUT2D eigenvalue weighted by atomic mass is 9.94. The van der Waals surface area contributed by atoms with Gasteiger partial charge in [0.1, 0.15) is 34.8 Å². The Morgan fingerprint density at radius 1 is 1.27 bits per heavy atom. The van der Waals surface area contributed by atoms with Gasteiger partial charge >= 0.3 is 11.9 Å². The first kappa shape index (κ1) is 27.1. The van der Waals surface area contributed by atoms with E-state index in [-0.39, 0.29) is 40.7 Å². The fourth-order valence-electron chi connectivity index (χ4n) is 4.87. The Morgan fingerprint density at radius 3 is 2.83 bits per heavy atom. The minimum atomic E-state index is -1.03. The first-order chi connectivity index (χ1) is 19.2. The molecule has 5 rings (SSSR count). The van der Waals surface area contributed by atoms with Crippen LogP contribution in [0.15, 0.2) is 60.7 Å². The van der Waals surface area contributed by atoms with Gasteiger partial charge in [-0.1, -0.05) is 36.1 Å². The van der Waals surface area contributed by atoms with Crippen LogP contribution in [0.5, 0.6) is 11.5 Å². The van der Waals surface area contributed by atoms with E-state index in [0.29, 0.717) is 29.0 Å². The number of benzene rings is 2. The molecule has 3 heterocycles. The number of aromatic nitrogens is 1. The van der Waals surface area contributed by atoms with Gasteiger partial charge in [-0.15, -0.1) is 0 Å². The van der Waals surface area contributed by atoms with Gasteiger partial charge in [-0.3, -0.25) is 14.5 Å². The Labute approximate surface area is 235 Å². The first-order valence-electron chi connectivity index (χ1n) is 12.8. The second-order valence-electron chi connectivity index (χ2n) is 9.43. The van der Waals surface area contributed by atoms with Crippen LogP contribution >= 0.6 is 11.3 Å². The molecule has 0 radical (unpaired) electrons. The number of ether oxygens (including phenoxy) is 3. The maximum Gasteiger partial charge on any atom is 0.350 e. The summed E-state index contributed by atoms with van der Waals surface area (Å²) in [5, 5.41) is 11.7. The van der Waals surface area contributed by atoms with E-state index in [9.17, 15) is 19.5 Å². The average molecular weight is 561 g/mol. The van der Waals surface area contributed by atoms with Crippen LogP contribution in [0, 0.1) is 6.92 Å². The smallest absolute Gasteiger partial charge is 0.350 e. The molecule has 3 aromatic rings. The van der Waals surface area contributed by atoms with Gasteiger partial charge in [-0.25, -0.2) is 9.78 Å². The standard InChI is InChI=1S/C30H28N2O7S/c1-5-12-38-21-9-7-8-18(15-21)24-23(25(33)19-10-11-22-20(14-19)13-16(3)39-22)26(34)28(35)32(24)30-31-17(4)27(40-30)29(36)37-6-2/h5,7-11,14-16,24,33H,1,6,12-13H2,2-4H3/t16-,24-/m1/s1. The molecule has 1 N–H and O–H groups in total. The van der Waals surface area contributed by atoms with Gasteiger partial charge < -0.3 is 19.3 Å². The number of hydrogen-bond donors (Lipinski definition) is 1. The molecule has 0 aliphatic carbocycles. The predicted molar refractivity (Wildman–Crippen MR) is 150 cm³/mol. The number of aliphatic hydroxyl groups is 1. The van der Waals surface area contributed by atoms with Crippen LogP contribution in [0.4, 0.5) is 5.13 Å². The van der Waals surface area contributed by atoms with Crippen molar-refractivity contribution in [2.24, 2.45) is 0 Å². The van der Waals surface area contributed by atoms with Crippen molar-refractivity contribution in [3.63, 3.8) is 0 Å². The Morgan fingerprint density at radius 2 is 2.08 bits per heavy atom. The number of ketones is 1. The van der Waals surface area contributed by atoms with Crippen LogP contribution < -0.4 is 14.4 Å². The third kappa shape index (κ3) is 4.86. The lowest BCUT2D eigenvalue weighted by Crippen LogP contribution is -2.29. The van der Waals surface area contributed by atoms with Crippen LogP contribution in [-0.2, 0) is 20.7 Å².